The first-order valence-corrected chi connectivity index (χ1v) is 3.96. The summed E-state index contributed by atoms with van der Waals surface area (Å²) in [6, 6.07) is 0. The molecule has 0 radical (unpaired) electrons. The minimum Gasteiger partial charge on any atom is -0.261 e. The maximum Gasteiger partial charge on any atom is 0.101 e. The zero-order chi connectivity index (χ0) is 6.97. The number of rotatable bonds is 0. The molecular formula is C6H3ClN2S. The summed E-state index contributed by atoms with van der Waals surface area (Å²) < 4.78 is 1.01. The predicted octanol–water partition coefficient (Wildman–Crippen LogP) is 2.34. The van der Waals surface area contributed by atoms with E-state index in [0.717, 1.165) is 10.2 Å². The van der Waals surface area contributed by atoms with E-state index in [1.807, 2.05) is 0 Å². The van der Waals surface area contributed by atoms with Gasteiger partial charge in [-0.2, -0.15) is 0 Å². The van der Waals surface area contributed by atoms with E-state index in [4.69, 9.17) is 11.6 Å². The van der Waals surface area contributed by atoms with E-state index >= 15 is 0 Å². The zero-order valence-electron chi connectivity index (χ0n) is 4.91. The number of fused-ring (bicyclic) bond motifs is 1. The molecule has 2 heterocycles. The number of halogens is 1. The van der Waals surface area contributed by atoms with Crippen molar-refractivity contribution in [2.75, 3.05) is 0 Å². The first-order chi connectivity index (χ1) is 4.88. The minimum absolute atomic E-state index is 0.681. The van der Waals surface area contributed by atoms with Crippen LogP contribution in [0.2, 0.25) is 5.02 Å². The molecule has 0 fully saturated rings. The Bertz CT molecular complexity index is 357. The topological polar surface area (TPSA) is 25.8 Å². The normalized spacial score (nSPS) is 10.5. The molecule has 0 spiro atoms. The van der Waals surface area contributed by atoms with Gasteiger partial charge in [0.15, 0.2) is 0 Å². The van der Waals surface area contributed by atoms with Crippen LogP contribution in [-0.4, -0.2) is 9.97 Å². The van der Waals surface area contributed by atoms with Gasteiger partial charge in [0.2, 0.25) is 0 Å². The van der Waals surface area contributed by atoms with E-state index in [1.54, 1.807) is 17.9 Å². The summed E-state index contributed by atoms with van der Waals surface area (Å²) in [7, 11) is 0. The highest BCUT2D eigenvalue weighted by Gasteiger charge is 1.99. The van der Waals surface area contributed by atoms with Gasteiger partial charge in [0.1, 0.15) is 5.52 Å². The maximum atomic E-state index is 5.81. The lowest BCUT2D eigenvalue weighted by molar-refractivity contribution is 1.34. The third-order valence-electron chi connectivity index (χ3n) is 1.20. The van der Waals surface area contributed by atoms with Crippen LogP contribution in [0.25, 0.3) is 10.2 Å². The highest BCUT2D eigenvalue weighted by Crippen LogP contribution is 2.24. The van der Waals surface area contributed by atoms with Crippen molar-refractivity contribution >= 4 is 33.2 Å². The van der Waals surface area contributed by atoms with Crippen LogP contribution >= 0.6 is 22.9 Å². The molecule has 0 aliphatic carbocycles. The van der Waals surface area contributed by atoms with Gasteiger partial charge < -0.3 is 0 Å². The highest BCUT2D eigenvalue weighted by atomic mass is 35.5. The van der Waals surface area contributed by atoms with Gasteiger partial charge in [-0.1, -0.05) is 11.6 Å². The molecule has 0 atom stereocenters. The summed E-state index contributed by atoms with van der Waals surface area (Å²) in [6.45, 7) is 0. The van der Waals surface area contributed by atoms with Gasteiger partial charge >= 0.3 is 0 Å². The molecule has 2 aromatic heterocycles. The van der Waals surface area contributed by atoms with E-state index < -0.39 is 0 Å². The van der Waals surface area contributed by atoms with Crippen molar-refractivity contribution < 1.29 is 0 Å². The highest BCUT2D eigenvalue weighted by molar-refractivity contribution is 7.17. The van der Waals surface area contributed by atoms with Crippen LogP contribution in [-0.2, 0) is 0 Å². The maximum absolute atomic E-state index is 5.81. The number of thiazole rings is 1. The lowest BCUT2D eigenvalue weighted by atomic mass is 10.5. The van der Waals surface area contributed by atoms with E-state index in [9.17, 15) is 0 Å². The van der Waals surface area contributed by atoms with Crippen molar-refractivity contribution in [2.24, 2.45) is 0 Å². The molecule has 0 amide bonds. The molecule has 0 bridgehead atoms. The molecule has 50 valence electrons. The van der Waals surface area contributed by atoms with Crippen molar-refractivity contribution in [3.63, 3.8) is 0 Å². The molecule has 2 rings (SSSR count). The van der Waals surface area contributed by atoms with Crippen molar-refractivity contribution in [3.05, 3.63) is 22.9 Å². The van der Waals surface area contributed by atoms with Crippen molar-refractivity contribution in [1.82, 2.24) is 9.97 Å². The van der Waals surface area contributed by atoms with E-state index in [1.165, 1.54) is 11.3 Å². The average Bonchev–Trinajstić information content (AvgIpc) is 2.36. The molecule has 0 saturated carbocycles. The summed E-state index contributed by atoms with van der Waals surface area (Å²) in [5, 5.41) is 0.681. The van der Waals surface area contributed by atoms with Crippen LogP contribution < -0.4 is 0 Å². The van der Waals surface area contributed by atoms with E-state index in [-0.39, 0.29) is 0 Å². The van der Waals surface area contributed by atoms with Crippen LogP contribution in [0.4, 0.5) is 0 Å². The van der Waals surface area contributed by atoms with Crippen LogP contribution in [0.15, 0.2) is 17.9 Å². The van der Waals surface area contributed by atoms with Crippen LogP contribution in [0.3, 0.4) is 0 Å². The molecule has 0 saturated heterocycles. The quantitative estimate of drug-likeness (QED) is 0.607. The molecule has 0 N–H and O–H groups in total. The third kappa shape index (κ3) is 0.786. The van der Waals surface area contributed by atoms with Gasteiger partial charge in [-0.05, 0) is 0 Å². The Morgan fingerprint density at radius 2 is 2.30 bits per heavy atom. The third-order valence-corrected chi connectivity index (χ3v) is 2.47. The predicted molar refractivity (Wildman–Crippen MR) is 42.4 cm³/mol. The van der Waals surface area contributed by atoms with Gasteiger partial charge in [-0.3, -0.25) is 4.98 Å². The molecule has 2 nitrogen and oxygen atoms in total. The minimum atomic E-state index is 0.681. The Morgan fingerprint density at radius 3 is 3.10 bits per heavy atom. The lowest BCUT2D eigenvalue weighted by Crippen LogP contribution is -1.71. The number of hydrogen-bond donors (Lipinski definition) is 0. The number of nitrogens with zero attached hydrogens (tertiary/aromatic N) is 2. The Morgan fingerprint density at radius 1 is 1.40 bits per heavy atom. The smallest absolute Gasteiger partial charge is 0.101 e. The fourth-order valence-corrected chi connectivity index (χ4v) is 1.71. The van der Waals surface area contributed by atoms with Gasteiger partial charge in [0, 0.05) is 6.20 Å². The average molecular weight is 171 g/mol. The zero-order valence-corrected chi connectivity index (χ0v) is 6.49. The number of hydrogen-bond acceptors (Lipinski definition) is 3. The fraction of sp³-hybridized carbons (Fsp3) is 0. The Balaban J connectivity index is 2.95. The Labute approximate surface area is 66.5 Å². The van der Waals surface area contributed by atoms with Gasteiger partial charge in [0.05, 0.1) is 21.4 Å². The summed E-state index contributed by atoms with van der Waals surface area (Å²) in [5.74, 6) is 0. The van der Waals surface area contributed by atoms with Gasteiger partial charge in [0.25, 0.3) is 0 Å². The molecule has 2 aromatic rings. The number of aromatic nitrogens is 2. The standard InChI is InChI=1S/C6H3ClN2S/c7-4-1-8-2-5-6(4)10-3-9-5/h1-3H. The summed E-state index contributed by atoms with van der Waals surface area (Å²) in [4.78, 5) is 7.95. The van der Waals surface area contributed by atoms with Crippen molar-refractivity contribution in [1.29, 1.82) is 0 Å². The Kier molecular flexibility index (Phi) is 1.32. The van der Waals surface area contributed by atoms with Crippen LogP contribution in [0.5, 0.6) is 0 Å². The largest absolute Gasteiger partial charge is 0.261 e. The summed E-state index contributed by atoms with van der Waals surface area (Å²) >= 11 is 7.34. The molecule has 0 aromatic carbocycles. The molecule has 10 heavy (non-hydrogen) atoms. The summed E-state index contributed by atoms with van der Waals surface area (Å²) in [6.07, 6.45) is 3.33. The lowest BCUT2D eigenvalue weighted by Gasteiger charge is -1.87. The second kappa shape index (κ2) is 2.18. The number of pyridine rings is 1. The van der Waals surface area contributed by atoms with Gasteiger partial charge in [-0.15, -0.1) is 11.3 Å². The molecule has 4 heteroatoms. The van der Waals surface area contributed by atoms with Crippen molar-refractivity contribution in [2.45, 2.75) is 0 Å². The molecule has 0 aliphatic rings. The first kappa shape index (κ1) is 6.07. The molecular weight excluding hydrogens is 168 g/mol. The second-order valence-corrected chi connectivity index (χ2v) is 3.08. The van der Waals surface area contributed by atoms with Crippen LogP contribution in [0.1, 0.15) is 0 Å². The fourth-order valence-electron chi connectivity index (χ4n) is 0.757. The summed E-state index contributed by atoms with van der Waals surface area (Å²) in [5.41, 5.74) is 2.63. The monoisotopic (exact) mass is 170 g/mol. The van der Waals surface area contributed by atoms with E-state index in [0.29, 0.717) is 5.02 Å². The van der Waals surface area contributed by atoms with Crippen LogP contribution in [0, 0.1) is 0 Å². The van der Waals surface area contributed by atoms with Crippen molar-refractivity contribution in [3.8, 4) is 0 Å². The SMILES string of the molecule is Clc1cncc2ncsc12. The first-order valence-electron chi connectivity index (χ1n) is 2.70. The second-order valence-electron chi connectivity index (χ2n) is 1.82. The molecule has 0 unspecified atom stereocenters. The molecule has 0 aliphatic heterocycles. The van der Waals surface area contributed by atoms with Gasteiger partial charge in [-0.25, -0.2) is 4.98 Å². The van der Waals surface area contributed by atoms with E-state index in [2.05, 4.69) is 9.97 Å². The Hall–Kier alpha value is -0.670.